The number of ether oxygens (including phenoxy) is 1. The summed E-state index contributed by atoms with van der Waals surface area (Å²) in [5.74, 6) is 0.956. The van der Waals surface area contributed by atoms with Crippen molar-refractivity contribution in [3.05, 3.63) is 47.3 Å². The second kappa shape index (κ2) is 7.54. The minimum atomic E-state index is -0.157. The van der Waals surface area contributed by atoms with Crippen LogP contribution in [-0.2, 0) is 11.2 Å². The molecular formula is C17H21N3O2. The van der Waals surface area contributed by atoms with Crippen molar-refractivity contribution < 1.29 is 9.53 Å². The highest BCUT2D eigenvalue weighted by molar-refractivity contribution is 5.89. The van der Waals surface area contributed by atoms with Crippen LogP contribution >= 0.6 is 0 Å². The number of hydrogen-bond acceptors (Lipinski definition) is 4. The van der Waals surface area contributed by atoms with E-state index in [0.29, 0.717) is 12.6 Å². The first-order valence-electron chi connectivity index (χ1n) is 7.40. The molecule has 0 aliphatic heterocycles. The molecule has 0 saturated heterocycles. The minimum absolute atomic E-state index is 0.157. The molecule has 0 aliphatic carbocycles. The first kappa shape index (κ1) is 15.9. The van der Waals surface area contributed by atoms with Gasteiger partial charge in [0.2, 0.25) is 11.9 Å². The smallest absolute Gasteiger partial charge is 0.230 e. The lowest BCUT2D eigenvalue weighted by Crippen LogP contribution is -2.17. The SMILES string of the molecule is CCc1ccc(OCCC(=O)Nc2nc(C)cc(C)n2)cc1. The number of aromatic nitrogens is 2. The van der Waals surface area contributed by atoms with E-state index in [1.165, 1.54) is 5.56 Å². The van der Waals surface area contributed by atoms with E-state index in [2.05, 4.69) is 22.2 Å². The predicted molar refractivity (Wildman–Crippen MR) is 86.1 cm³/mol. The molecule has 1 aromatic carbocycles. The number of carbonyl (C=O) groups excluding carboxylic acids is 1. The van der Waals surface area contributed by atoms with Crippen LogP contribution in [0.25, 0.3) is 0 Å². The highest BCUT2D eigenvalue weighted by Crippen LogP contribution is 2.12. The number of amides is 1. The maximum Gasteiger partial charge on any atom is 0.230 e. The highest BCUT2D eigenvalue weighted by Gasteiger charge is 2.06. The maximum atomic E-state index is 11.9. The molecule has 2 aromatic rings. The van der Waals surface area contributed by atoms with Gasteiger partial charge in [0.1, 0.15) is 5.75 Å². The molecule has 0 saturated carbocycles. The summed E-state index contributed by atoms with van der Waals surface area (Å²) in [6.45, 7) is 6.16. The second-order valence-corrected chi connectivity index (χ2v) is 5.12. The van der Waals surface area contributed by atoms with E-state index in [0.717, 1.165) is 23.6 Å². The Morgan fingerprint density at radius 2 is 1.77 bits per heavy atom. The van der Waals surface area contributed by atoms with Gasteiger partial charge in [-0.15, -0.1) is 0 Å². The third-order valence-electron chi connectivity index (χ3n) is 3.16. The summed E-state index contributed by atoms with van der Waals surface area (Å²) in [5.41, 5.74) is 2.92. The van der Waals surface area contributed by atoms with E-state index < -0.39 is 0 Å². The lowest BCUT2D eigenvalue weighted by atomic mass is 10.2. The van der Waals surface area contributed by atoms with E-state index in [9.17, 15) is 4.79 Å². The van der Waals surface area contributed by atoms with Gasteiger partial charge < -0.3 is 4.74 Å². The Bertz CT molecular complexity index is 619. The minimum Gasteiger partial charge on any atom is -0.493 e. The van der Waals surface area contributed by atoms with Crippen molar-refractivity contribution in [2.24, 2.45) is 0 Å². The van der Waals surface area contributed by atoms with Crippen LogP contribution in [0.15, 0.2) is 30.3 Å². The molecule has 5 nitrogen and oxygen atoms in total. The molecule has 1 N–H and O–H groups in total. The zero-order valence-electron chi connectivity index (χ0n) is 13.2. The average Bonchev–Trinajstić information content (AvgIpc) is 2.47. The largest absolute Gasteiger partial charge is 0.493 e. The average molecular weight is 299 g/mol. The van der Waals surface area contributed by atoms with Crippen LogP contribution in [0, 0.1) is 13.8 Å². The van der Waals surface area contributed by atoms with Crippen LogP contribution in [0.2, 0.25) is 0 Å². The summed E-state index contributed by atoms with van der Waals surface area (Å²) < 4.78 is 5.56. The predicted octanol–water partition coefficient (Wildman–Crippen LogP) is 3.06. The van der Waals surface area contributed by atoms with Crippen LogP contribution in [0.1, 0.15) is 30.3 Å². The van der Waals surface area contributed by atoms with Crippen LogP contribution in [-0.4, -0.2) is 22.5 Å². The Kier molecular flexibility index (Phi) is 5.47. The number of nitrogens with zero attached hydrogens (tertiary/aromatic N) is 2. The van der Waals surface area contributed by atoms with Gasteiger partial charge in [0.25, 0.3) is 0 Å². The third-order valence-corrected chi connectivity index (χ3v) is 3.16. The van der Waals surface area contributed by atoms with Gasteiger partial charge in [0.05, 0.1) is 13.0 Å². The summed E-state index contributed by atoms with van der Waals surface area (Å²) in [4.78, 5) is 20.2. The summed E-state index contributed by atoms with van der Waals surface area (Å²) in [5, 5.41) is 2.69. The normalized spacial score (nSPS) is 10.3. The Labute approximate surface area is 130 Å². The zero-order valence-corrected chi connectivity index (χ0v) is 13.2. The molecule has 0 bridgehead atoms. The van der Waals surface area contributed by atoms with Gasteiger partial charge >= 0.3 is 0 Å². The van der Waals surface area contributed by atoms with Crippen LogP contribution in [0.3, 0.4) is 0 Å². The van der Waals surface area contributed by atoms with E-state index in [1.807, 2.05) is 44.2 Å². The molecular weight excluding hydrogens is 278 g/mol. The van der Waals surface area contributed by atoms with Crippen molar-refractivity contribution in [2.45, 2.75) is 33.6 Å². The topological polar surface area (TPSA) is 64.1 Å². The van der Waals surface area contributed by atoms with Gasteiger partial charge in [-0.1, -0.05) is 19.1 Å². The van der Waals surface area contributed by atoms with Crippen LogP contribution in [0.5, 0.6) is 5.75 Å². The third kappa shape index (κ3) is 4.84. The number of hydrogen-bond donors (Lipinski definition) is 1. The fraction of sp³-hybridized carbons (Fsp3) is 0.353. The van der Waals surface area contributed by atoms with E-state index in [-0.39, 0.29) is 12.3 Å². The highest BCUT2D eigenvalue weighted by atomic mass is 16.5. The van der Waals surface area contributed by atoms with E-state index in [1.54, 1.807) is 0 Å². The molecule has 0 aliphatic rings. The number of anilines is 1. The summed E-state index contributed by atoms with van der Waals surface area (Å²) in [6.07, 6.45) is 1.25. The van der Waals surface area contributed by atoms with E-state index in [4.69, 9.17) is 4.74 Å². The van der Waals surface area contributed by atoms with E-state index >= 15 is 0 Å². The molecule has 1 aromatic heterocycles. The number of benzene rings is 1. The van der Waals surface area contributed by atoms with Crippen LogP contribution in [0.4, 0.5) is 5.95 Å². The van der Waals surface area contributed by atoms with Crippen LogP contribution < -0.4 is 10.1 Å². The van der Waals surface area contributed by atoms with Gasteiger partial charge in [-0.3, -0.25) is 10.1 Å². The van der Waals surface area contributed by atoms with Crippen molar-refractivity contribution in [3.63, 3.8) is 0 Å². The molecule has 22 heavy (non-hydrogen) atoms. The second-order valence-electron chi connectivity index (χ2n) is 5.12. The Morgan fingerprint density at radius 3 is 2.36 bits per heavy atom. The quantitative estimate of drug-likeness (QED) is 0.890. The number of nitrogens with one attached hydrogen (secondary N) is 1. The maximum absolute atomic E-state index is 11.9. The molecule has 0 unspecified atom stereocenters. The molecule has 5 heteroatoms. The van der Waals surface area contributed by atoms with Crippen molar-refractivity contribution in [1.82, 2.24) is 9.97 Å². The van der Waals surface area contributed by atoms with Crippen molar-refractivity contribution in [2.75, 3.05) is 11.9 Å². The first-order valence-corrected chi connectivity index (χ1v) is 7.40. The van der Waals surface area contributed by atoms with Gasteiger partial charge in [-0.05, 0) is 44.0 Å². The molecule has 116 valence electrons. The molecule has 0 atom stereocenters. The molecule has 1 heterocycles. The number of aryl methyl sites for hydroxylation is 3. The fourth-order valence-electron chi connectivity index (χ4n) is 2.05. The van der Waals surface area contributed by atoms with Crippen molar-refractivity contribution >= 4 is 11.9 Å². The summed E-state index contributed by atoms with van der Waals surface area (Å²) in [6, 6.07) is 9.75. The Balaban J connectivity index is 1.79. The lowest BCUT2D eigenvalue weighted by Gasteiger charge is -2.08. The zero-order chi connectivity index (χ0) is 15.9. The van der Waals surface area contributed by atoms with Crippen molar-refractivity contribution in [3.8, 4) is 5.75 Å². The first-order chi connectivity index (χ1) is 10.6. The summed E-state index contributed by atoms with van der Waals surface area (Å²) >= 11 is 0. The monoisotopic (exact) mass is 299 g/mol. The molecule has 0 spiro atoms. The van der Waals surface area contributed by atoms with Crippen molar-refractivity contribution in [1.29, 1.82) is 0 Å². The fourth-order valence-corrected chi connectivity index (χ4v) is 2.05. The van der Waals surface area contributed by atoms with Gasteiger partial charge in [0.15, 0.2) is 0 Å². The Hall–Kier alpha value is -2.43. The van der Waals surface area contributed by atoms with Gasteiger partial charge in [-0.25, -0.2) is 9.97 Å². The Morgan fingerprint density at radius 1 is 1.14 bits per heavy atom. The molecule has 1 amide bonds. The van der Waals surface area contributed by atoms with Gasteiger partial charge in [0, 0.05) is 11.4 Å². The number of carbonyl (C=O) groups is 1. The number of rotatable bonds is 6. The lowest BCUT2D eigenvalue weighted by molar-refractivity contribution is -0.116. The molecule has 2 rings (SSSR count). The molecule has 0 radical (unpaired) electrons. The molecule has 0 fully saturated rings. The standard InChI is InChI=1S/C17H21N3O2/c1-4-14-5-7-15(8-6-14)22-10-9-16(21)20-17-18-12(2)11-13(3)19-17/h5-8,11H,4,9-10H2,1-3H3,(H,18,19,20,21). The summed E-state index contributed by atoms with van der Waals surface area (Å²) in [7, 11) is 0. The van der Waals surface area contributed by atoms with Gasteiger partial charge in [-0.2, -0.15) is 0 Å².